The Morgan fingerprint density at radius 2 is 0.784 bits per heavy atom. The number of rotatable bonds is 6. The molecule has 6 aromatic rings. The van der Waals surface area contributed by atoms with Gasteiger partial charge in [0.1, 0.15) is 0 Å². The molecule has 6 aromatic carbocycles. The van der Waals surface area contributed by atoms with Crippen LogP contribution in [-0.2, 0) is 17.1 Å². The quantitative estimate of drug-likeness (QED) is 0.132. The first-order valence-corrected chi connectivity index (χ1v) is 14.7. The summed E-state index contributed by atoms with van der Waals surface area (Å²) in [7, 11) is -0.873. The maximum absolute atomic E-state index is 3.36. The van der Waals surface area contributed by atoms with Crippen LogP contribution in [0.25, 0.3) is 0 Å². The van der Waals surface area contributed by atoms with Gasteiger partial charge in [-0.2, -0.15) is 12.1 Å². The van der Waals surface area contributed by atoms with Gasteiger partial charge in [-0.05, 0) is 21.2 Å². The van der Waals surface area contributed by atoms with Crippen molar-refractivity contribution < 1.29 is 17.1 Å². The van der Waals surface area contributed by atoms with Crippen LogP contribution in [0.3, 0.4) is 0 Å². The molecule has 0 spiro atoms. The second kappa shape index (κ2) is 14.0. The molecule has 37 heavy (non-hydrogen) atoms. The Morgan fingerprint density at radius 1 is 0.405 bits per heavy atom. The van der Waals surface area contributed by atoms with E-state index in [9.17, 15) is 0 Å². The van der Waals surface area contributed by atoms with E-state index >= 15 is 0 Å². The zero-order chi connectivity index (χ0) is 24.4. The summed E-state index contributed by atoms with van der Waals surface area (Å²) in [6.07, 6.45) is 0. The van der Waals surface area contributed by atoms with Crippen molar-refractivity contribution >= 4 is 47.7 Å². The number of benzene rings is 4. The van der Waals surface area contributed by atoms with Gasteiger partial charge in [-0.25, -0.2) is 17.4 Å². The Bertz CT molecular complexity index is 1210. The summed E-state index contributed by atoms with van der Waals surface area (Å²) in [6.45, 7) is 0. The molecule has 0 fully saturated rings. The van der Waals surface area contributed by atoms with Gasteiger partial charge in [-0.15, -0.1) is 5.30 Å². The van der Waals surface area contributed by atoms with Crippen molar-refractivity contribution in [3.05, 3.63) is 170 Å². The van der Waals surface area contributed by atoms with Crippen LogP contribution in [-0.4, -0.2) is 0 Å². The molecule has 0 nitrogen and oxygen atoms in total. The van der Waals surface area contributed by atoms with Gasteiger partial charge in [-0.3, -0.25) is 18.2 Å². The normalized spacial score (nSPS) is 10.4. The third-order valence-electron chi connectivity index (χ3n) is 5.78. The fourth-order valence-corrected chi connectivity index (χ4v) is 8.69. The molecule has 6 rings (SSSR count). The third kappa shape index (κ3) is 7.05. The van der Waals surface area contributed by atoms with E-state index < -0.39 is 15.8 Å². The van der Waals surface area contributed by atoms with Crippen LogP contribution in [0.1, 0.15) is 0 Å². The smallest absolute Gasteiger partial charge is 0.311 e. The van der Waals surface area contributed by atoms with Crippen LogP contribution in [0.4, 0.5) is 0 Å². The summed E-state index contributed by atoms with van der Waals surface area (Å²) >= 11 is 0. The van der Waals surface area contributed by atoms with Gasteiger partial charge in [0, 0.05) is 0 Å². The minimum absolute atomic E-state index is 0. The van der Waals surface area contributed by atoms with Gasteiger partial charge in [0.2, 0.25) is 0 Å². The van der Waals surface area contributed by atoms with Crippen LogP contribution in [0.5, 0.6) is 0 Å². The van der Waals surface area contributed by atoms with E-state index in [0.29, 0.717) is 0 Å². The molecule has 182 valence electrons. The van der Waals surface area contributed by atoms with Gasteiger partial charge in [0.25, 0.3) is 0 Å². The van der Waals surface area contributed by atoms with Gasteiger partial charge in [0.15, 0.2) is 0 Å². The topological polar surface area (TPSA) is 0 Å². The average molecular weight is 553 g/mol. The zero-order valence-electron chi connectivity index (χ0n) is 20.3. The summed E-state index contributed by atoms with van der Waals surface area (Å²) in [4.78, 5) is 0. The minimum Gasteiger partial charge on any atom is -0.311 e. The third-order valence-corrected chi connectivity index (χ3v) is 10.6. The van der Waals surface area contributed by atoms with Gasteiger partial charge in [0.05, 0.1) is 0 Å². The Morgan fingerprint density at radius 3 is 1.14 bits per heavy atom. The molecular weight excluding hydrogens is 526 g/mol. The van der Waals surface area contributed by atoms with E-state index in [1.807, 2.05) is 6.07 Å². The van der Waals surface area contributed by atoms with Crippen molar-refractivity contribution in [2.45, 2.75) is 0 Å². The van der Waals surface area contributed by atoms with Crippen molar-refractivity contribution in [2.75, 3.05) is 0 Å². The molecule has 0 unspecified atom stereocenters. The molecule has 0 saturated carbocycles. The van der Waals surface area contributed by atoms with Gasteiger partial charge in [-0.1, -0.05) is 137 Å². The van der Waals surface area contributed by atoms with Crippen LogP contribution >= 0.6 is 15.8 Å². The van der Waals surface area contributed by atoms with Crippen molar-refractivity contribution in [3.8, 4) is 0 Å². The first kappa shape index (κ1) is 27.0. The molecule has 0 radical (unpaired) electrons. The Labute approximate surface area is 233 Å². The predicted molar refractivity (Wildman–Crippen MR) is 160 cm³/mol. The van der Waals surface area contributed by atoms with Crippen molar-refractivity contribution in [2.24, 2.45) is 0 Å². The maximum atomic E-state index is 3.36. The summed E-state index contributed by atoms with van der Waals surface area (Å²) in [5.41, 5.74) is 0. The molecule has 0 aliphatic carbocycles. The molecule has 0 atom stereocenters. The maximum Gasteiger partial charge on any atom is 2.00 e. The fraction of sp³-hybridized carbons (Fsp3) is 0. The summed E-state index contributed by atoms with van der Waals surface area (Å²) in [6, 6.07) is 61.2. The second-order valence-electron chi connectivity index (χ2n) is 8.21. The SMILES string of the molecule is [Fe+2].[c-]1ccc[c-]1P(c1ccccc1)c1ccccc1.c1ccc(P(c2ccccc2)[c-]2cccc2)cc1. The molecule has 0 saturated heterocycles. The number of hydrogen-bond donors (Lipinski definition) is 0. The molecule has 0 bridgehead atoms. The molecule has 0 aromatic heterocycles. The molecule has 0 aliphatic heterocycles. The molecule has 0 amide bonds. The molecular formula is C34H27FeP2-. The summed E-state index contributed by atoms with van der Waals surface area (Å²) < 4.78 is 0. The van der Waals surface area contributed by atoms with Crippen LogP contribution < -0.4 is 31.8 Å². The van der Waals surface area contributed by atoms with E-state index in [1.165, 1.54) is 31.8 Å². The Kier molecular flexibility index (Phi) is 10.3. The fourth-order valence-electron chi connectivity index (χ4n) is 4.16. The standard InChI is InChI=1S/C17H14P.C17H13P.Fe/c2*1-3-9-15(10-4-1)18(17-13-7-8-14-17)16-11-5-2-6-12-16;/h1-14H;1-13H;/q-1;-2;+2. The molecule has 3 heteroatoms. The first-order chi connectivity index (χ1) is 17.9. The first-order valence-electron chi connectivity index (χ1n) is 12.1. The monoisotopic (exact) mass is 553 g/mol. The average Bonchev–Trinajstić information content (AvgIpc) is 3.68. The van der Waals surface area contributed by atoms with E-state index in [-0.39, 0.29) is 17.1 Å². The summed E-state index contributed by atoms with van der Waals surface area (Å²) in [5.74, 6) is 0. The molecule has 0 aliphatic rings. The van der Waals surface area contributed by atoms with E-state index in [2.05, 4.69) is 164 Å². The van der Waals surface area contributed by atoms with E-state index in [4.69, 9.17) is 0 Å². The Balaban J connectivity index is 0.000000168. The van der Waals surface area contributed by atoms with Crippen molar-refractivity contribution in [1.82, 2.24) is 0 Å². The van der Waals surface area contributed by atoms with Gasteiger partial charge < -0.3 is 6.07 Å². The predicted octanol–water partition coefficient (Wildman–Crippen LogP) is 6.13. The minimum atomic E-state index is -0.465. The van der Waals surface area contributed by atoms with Crippen molar-refractivity contribution in [1.29, 1.82) is 0 Å². The second-order valence-corrected chi connectivity index (χ2v) is 12.6. The molecule has 0 N–H and O–H groups in total. The summed E-state index contributed by atoms with van der Waals surface area (Å²) in [5, 5.41) is 8.28. The van der Waals surface area contributed by atoms with Gasteiger partial charge >= 0.3 is 17.1 Å². The van der Waals surface area contributed by atoms with E-state index in [0.717, 1.165) is 0 Å². The van der Waals surface area contributed by atoms with Crippen molar-refractivity contribution in [3.63, 3.8) is 0 Å². The Hall–Kier alpha value is -3.04. The largest absolute Gasteiger partial charge is 2.00 e. The zero-order valence-corrected chi connectivity index (χ0v) is 23.2. The van der Waals surface area contributed by atoms with Crippen LogP contribution in [0.2, 0.25) is 0 Å². The van der Waals surface area contributed by atoms with E-state index in [1.54, 1.807) is 0 Å². The molecule has 0 heterocycles. The van der Waals surface area contributed by atoms with Crippen LogP contribution in [0.15, 0.2) is 164 Å². The number of hydrogen-bond acceptors (Lipinski definition) is 0. The van der Waals surface area contributed by atoms with Crippen LogP contribution in [0, 0.1) is 6.07 Å².